The lowest BCUT2D eigenvalue weighted by molar-refractivity contribution is 0.0217. The zero-order valence-electron chi connectivity index (χ0n) is 14.9. The summed E-state index contributed by atoms with van der Waals surface area (Å²) in [4.78, 5) is 0. The standard InChI is InChI=1S/C20H22ClF2NOS/c1-18(2,3)26(25)24-19(20(21,22)23,17-12-8-5-9-13-17)15-14-16-10-6-4-7-11-16/h4-15,24H,1-3H3/b15-14+/t19-,26?/m0/s1. The number of benzene rings is 2. The molecule has 2 atom stereocenters. The second-order valence-electron chi connectivity index (χ2n) is 6.90. The number of hydrogen-bond donors (Lipinski definition) is 1. The van der Waals surface area contributed by atoms with Crippen molar-refractivity contribution in [1.82, 2.24) is 4.72 Å². The van der Waals surface area contributed by atoms with Gasteiger partial charge in [-0.15, -0.1) is 0 Å². The van der Waals surface area contributed by atoms with Crippen molar-refractivity contribution >= 4 is 28.7 Å². The first-order chi connectivity index (χ1) is 12.1. The quantitative estimate of drug-likeness (QED) is 0.642. The van der Waals surface area contributed by atoms with E-state index in [1.807, 2.05) is 18.2 Å². The fraction of sp³-hybridized carbons (Fsp3) is 0.300. The molecule has 1 unspecified atom stereocenters. The Hall–Kier alpha value is -1.56. The lowest BCUT2D eigenvalue weighted by atomic mass is 9.90. The van der Waals surface area contributed by atoms with Crippen molar-refractivity contribution in [3.8, 4) is 0 Å². The van der Waals surface area contributed by atoms with E-state index in [4.69, 9.17) is 11.6 Å². The van der Waals surface area contributed by atoms with Crippen LogP contribution < -0.4 is 4.72 Å². The molecule has 0 spiro atoms. The highest BCUT2D eigenvalue weighted by atomic mass is 35.5. The third kappa shape index (κ3) is 4.78. The fourth-order valence-electron chi connectivity index (χ4n) is 2.29. The van der Waals surface area contributed by atoms with E-state index >= 15 is 0 Å². The molecule has 0 aliphatic carbocycles. The Morgan fingerprint density at radius 2 is 1.46 bits per heavy atom. The summed E-state index contributed by atoms with van der Waals surface area (Å²) < 4.78 is 43.9. The Balaban J connectivity index is 2.61. The van der Waals surface area contributed by atoms with Crippen LogP contribution in [0.1, 0.15) is 31.9 Å². The molecule has 0 bridgehead atoms. The highest BCUT2D eigenvalue weighted by Crippen LogP contribution is 2.43. The minimum absolute atomic E-state index is 0.227. The van der Waals surface area contributed by atoms with Gasteiger partial charge < -0.3 is 0 Å². The Labute approximate surface area is 160 Å². The topological polar surface area (TPSA) is 29.1 Å². The lowest BCUT2D eigenvalue weighted by Gasteiger charge is -2.37. The molecule has 26 heavy (non-hydrogen) atoms. The van der Waals surface area contributed by atoms with Crippen LogP contribution in [0.25, 0.3) is 6.08 Å². The number of alkyl halides is 3. The molecule has 2 aromatic carbocycles. The monoisotopic (exact) mass is 397 g/mol. The van der Waals surface area contributed by atoms with Crippen molar-refractivity contribution in [1.29, 1.82) is 0 Å². The molecule has 0 saturated heterocycles. The van der Waals surface area contributed by atoms with Crippen LogP contribution >= 0.6 is 11.6 Å². The summed E-state index contributed by atoms with van der Waals surface area (Å²) >= 11 is 5.57. The van der Waals surface area contributed by atoms with Gasteiger partial charge in [-0.1, -0.05) is 72.8 Å². The van der Waals surface area contributed by atoms with E-state index in [0.29, 0.717) is 0 Å². The molecule has 0 heterocycles. The maximum absolute atomic E-state index is 14.7. The Bertz CT molecular complexity index is 770. The molecule has 0 fully saturated rings. The van der Waals surface area contributed by atoms with Gasteiger partial charge in [0.15, 0.2) is 5.54 Å². The van der Waals surface area contributed by atoms with Crippen LogP contribution in [0.3, 0.4) is 0 Å². The maximum Gasteiger partial charge on any atom is 0.348 e. The van der Waals surface area contributed by atoms with Gasteiger partial charge in [-0.05, 0) is 43.5 Å². The summed E-state index contributed by atoms with van der Waals surface area (Å²) in [6.45, 7) is 5.12. The van der Waals surface area contributed by atoms with Crippen LogP contribution in [-0.2, 0) is 16.5 Å². The number of rotatable bonds is 6. The largest absolute Gasteiger partial charge is 0.348 e. The van der Waals surface area contributed by atoms with Crippen LogP contribution in [0.4, 0.5) is 8.78 Å². The summed E-state index contributed by atoms with van der Waals surface area (Å²) in [5.74, 6) is 0. The van der Waals surface area contributed by atoms with Gasteiger partial charge in [-0.25, -0.2) is 8.93 Å². The van der Waals surface area contributed by atoms with Gasteiger partial charge in [-0.2, -0.15) is 8.78 Å². The van der Waals surface area contributed by atoms with E-state index in [0.717, 1.165) is 5.56 Å². The zero-order valence-corrected chi connectivity index (χ0v) is 16.5. The lowest BCUT2D eigenvalue weighted by Crippen LogP contribution is -2.55. The zero-order chi connectivity index (χ0) is 19.4. The molecule has 1 N–H and O–H groups in total. The highest BCUT2D eigenvalue weighted by molar-refractivity contribution is 7.84. The maximum atomic E-state index is 14.7. The van der Waals surface area contributed by atoms with Crippen LogP contribution in [0, 0.1) is 0 Å². The number of hydrogen-bond acceptors (Lipinski definition) is 1. The van der Waals surface area contributed by atoms with Gasteiger partial charge in [0, 0.05) is 0 Å². The molecule has 0 radical (unpaired) electrons. The Morgan fingerprint density at radius 1 is 0.962 bits per heavy atom. The van der Waals surface area contributed by atoms with Crippen LogP contribution in [0.15, 0.2) is 66.7 Å². The van der Waals surface area contributed by atoms with Gasteiger partial charge >= 0.3 is 5.38 Å². The molecule has 2 aromatic rings. The van der Waals surface area contributed by atoms with E-state index in [-0.39, 0.29) is 5.56 Å². The summed E-state index contributed by atoms with van der Waals surface area (Å²) in [7, 11) is -1.78. The summed E-state index contributed by atoms with van der Waals surface area (Å²) in [5.41, 5.74) is -1.18. The van der Waals surface area contributed by atoms with Crippen molar-refractivity contribution in [2.45, 2.75) is 36.4 Å². The van der Waals surface area contributed by atoms with E-state index < -0.39 is 26.7 Å². The molecular formula is C20H22ClF2NOS. The van der Waals surface area contributed by atoms with Gasteiger partial charge in [0.25, 0.3) is 0 Å². The summed E-state index contributed by atoms with van der Waals surface area (Å²) in [6.07, 6.45) is 2.84. The highest BCUT2D eigenvalue weighted by Gasteiger charge is 2.54. The Morgan fingerprint density at radius 3 is 1.92 bits per heavy atom. The fourth-order valence-corrected chi connectivity index (χ4v) is 3.48. The summed E-state index contributed by atoms with van der Waals surface area (Å²) in [6, 6.07) is 17.1. The third-order valence-electron chi connectivity index (χ3n) is 3.81. The van der Waals surface area contributed by atoms with Gasteiger partial charge in [0.05, 0.1) is 15.7 Å². The van der Waals surface area contributed by atoms with E-state index in [2.05, 4.69) is 4.72 Å². The molecule has 2 nitrogen and oxygen atoms in total. The first kappa shape index (κ1) is 20.7. The van der Waals surface area contributed by atoms with Gasteiger partial charge in [0.2, 0.25) is 0 Å². The molecule has 0 amide bonds. The van der Waals surface area contributed by atoms with Crippen LogP contribution in [0.2, 0.25) is 0 Å². The second-order valence-corrected chi connectivity index (χ2v) is 9.34. The predicted molar refractivity (Wildman–Crippen MR) is 105 cm³/mol. The predicted octanol–water partition coefficient (Wildman–Crippen LogP) is 5.48. The normalized spacial score (nSPS) is 16.4. The van der Waals surface area contributed by atoms with Gasteiger partial charge in [0.1, 0.15) is 0 Å². The van der Waals surface area contributed by atoms with Gasteiger partial charge in [-0.3, -0.25) is 0 Å². The summed E-state index contributed by atoms with van der Waals surface area (Å²) in [5, 5.41) is -3.72. The molecule has 0 saturated carbocycles. The molecule has 0 aromatic heterocycles. The molecule has 6 heteroatoms. The van der Waals surface area contributed by atoms with E-state index in [1.165, 1.54) is 6.08 Å². The molecule has 0 aliphatic heterocycles. The first-order valence-corrected chi connectivity index (χ1v) is 9.65. The second kappa shape index (κ2) is 7.99. The van der Waals surface area contributed by atoms with Crippen molar-refractivity contribution in [2.75, 3.05) is 0 Å². The van der Waals surface area contributed by atoms with Crippen molar-refractivity contribution < 1.29 is 13.0 Å². The minimum atomic E-state index is -3.72. The number of halogens is 3. The average Bonchev–Trinajstić information content (AvgIpc) is 2.58. The average molecular weight is 398 g/mol. The van der Waals surface area contributed by atoms with Crippen LogP contribution in [-0.4, -0.2) is 14.3 Å². The first-order valence-electron chi connectivity index (χ1n) is 8.12. The minimum Gasteiger partial charge on any atom is -0.242 e. The van der Waals surface area contributed by atoms with Crippen LogP contribution in [0.5, 0.6) is 0 Å². The molecule has 2 rings (SSSR count). The molecule has 140 valence electrons. The molecular weight excluding hydrogens is 376 g/mol. The van der Waals surface area contributed by atoms with Crippen molar-refractivity contribution in [3.63, 3.8) is 0 Å². The van der Waals surface area contributed by atoms with Crippen molar-refractivity contribution in [2.24, 2.45) is 0 Å². The Kier molecular flexibility index (Phi) is 6.37. The van der Waals surface area contributed by atoms with E-state index in [9.17, 15) is 13.0 Å². The van der Waals surface area contributed by atoms with E-state index in [1.54, 1.807) is 69.3 Å². The smallest absolute Gasteiger partial charge is 0.242 e. The SMILES string of the molecule is CC(C)(C)S(=O)N[C@@](/C=C/c1ccccc1)(c1ccccc1)C(F)(F)Cl. The third-order valence-corrected chi connectivity index (χ3v) is 5.73. The number of nitrogens with one attached hydrogen (secondary N) is 1. The molecule has 0 aliphatic rings. The van der Waals surface area contributed by atoms with Crippen molar-refractivity contribution in [3.05, 3.63) is 77.9 Å².